The first-order chi connectivity index (χ1) is 10.4. The van der Waals surface area contributed by atoms with E-state index in [-0.39, 0.29) is 24.4 Å². The summed E-state index contributed by atoms with van der Waals surface area (Å²) in [6.45, 7) is 11.0. The van der Waals surface area contributed by atoms with Crippen LogP contribution in [0.1, 0.15) is 50.1 Å². The molecule has 5 nitrogen and oxygen atoms in total. The maximum atomic E-state index is 12.4. The maximum absolute atomic E-state index is 12.4. The average Bonchev–Trinajstić information content (AvgIpc) is 2.70. The molecule has 0 spiro atoms. The number of rotatable bonds is 5. The van der Waals surface area contributed by atoms with Gasteiger partial charge < -0.3 is 10.6 Å². The van der Waals surface area contributed by atoms with Gasteiger partial charge in [-0.05, 0) is 44.6 Å². The third kappa shape index (κ3) is 5.21. The summed E-state index contributed by atoms with van der Waals surface area (Å²) in [5, 5.41) is 4.62. The molecule has 1 fully saturated rings. The summed E-state index contributed by atoms with van der Waals surface area (Å²) in [7, 11) is 0. The van der Waals surface area contributed by atoms with Crippen LogP contribution in [0.2, 0.25) is 0 Å². The Bertz CT molecular complexity index is 527. The van der Waals surface area contributed by atoms with E-state index in [0.717, 1.165) is 38.0 Å². The van der Waals surface area contributed by atoms with Gasteiger partial charge in [0.25, 0.3) is 0 Å². The van der Waals surface area contributed by atoms with E-state index in [0.29, 0.717) is 18.9 Å². The number of hydrogen-bond donors (Lipinski definition) is 1. The van der Waals surface area contributed by atoms with E-state index >= 15 is 0 Å². The van der Waals surface area contributed by atoms with E-state index in [1.165, 1.54) is 11.3 Å². The number of carbonyl (C=O) groups is 1. The molecule has 6 heteroatoms. The van der Waals surface area contributed by atoms with Gasteiger partial charge in [-0.2, -0.15) is 5.10 Å². The second-order valence-corrected chi connectivity index (χ2v) is 6.97. The minimum Gasteiger partial charge on any atom is -0.341 e. The Kier molecular flexibility index (Phi) is 7.55. The molecule has 2 heterocycles. The molecule has 0 bridgehead atoms. The molecule has 2 N–H and O–H groups in total. The van der Waals surface area contributed by atoms with Crippen LogP contribution < -0.4 is 5.73 Å². The van der Waals surface area contributed by atoms with Crippen molar-refractivity contribution in [3.63, 3.8) is 0 Å². The number of aryl methyl sites for hydroxylation is 1. The summed E-state index contributed by atoms with van der Waals surface area (Å²) in [5.41, 5.74) is 9.45. The van der Waals surface area contributed by atoms with E-state index in [4.69, 9.17) is 5.73 Å². The van der Waals surface area contributed by atoms with Gasteiger partial charge >= 0.3 is 0 Å². The Balaban J connectivity index is 0.00000264. The quantitative estimate of drug-likeness (QED) is 0.894. The van der Waals surface area contributed by atoms with Crippen molar-refractivity contribution in [2.45, 2.75) is 66.0 Å². The highest BCUT2D eigenvalue weighted by molar-refractivity contribution is 5.85. The highest BCUT2D eigenvalue weighted by atomic mass is 35.5. The molecule has 1 unspecified atom stereocenters. The molecular formula is C17H31ClN4O. The van der Waals surface area contributed by atoms with Crippen LogP contribution in [0.4, 0.5) is 0 Å². The fraction of sp³-hybridized carbons (Fsp3) is 0.765. The van der Waals surface area contributed by atoms with Crippen molar-refractivity contribution < 1.29 is 4.79 Å². The summed E-state index contributed by atoms with van der Waals surface area (Å²) in [6.07, 6.45) is 3.39. The summed E-state index contributed by atoms with van der Waals surface area (Å²) < 4.78 is 2.08. The Labute approximate surface area is 146 Å². The van der Waals surface area contributed by atoms with Gasteiger partial charge in [0.15, 0.2) is 0 Å². The molecule has 0 aliphatic carbocycles. The van der Waals surface area contributed by atoms with Crippen molar-refractivity contribution in [3.8, 4) is 0 Å². The maximum Gasteiger partial charge on any atom is 0.222 e. The minimum absolute atomic E-state index is 0. The topological polar surface area (TPSA) is 64.2 Å². The van der Waals surface area contributed by atoms with Crippen molar-refractivity contribution in [1.82, 2.24) is 14.7 Å². The van der Waals surface area contributed by atoms with E-state index in [1.807, 2.05) is 11.8 Å². The number of nitrogens with two attached hydrogens (primary N) is 1. The fourth-order valence-electron chi connectivity index (χ4n) is 3.25. The van der Waals surface area contributed by atoms with E-state index in [9.17, 15) is 4.79 Å². The standard InChI is InChI=1S/C17H30N4O.ClH/c1-12(2)10-21-14(4)16(13(3)19-21)7-8-17(22)20-9-5-6-15(18)11-20;/h12,15H,5-11,18H2,1-4H3;1H. The second kappa shape index (κ2) is 8.69. The third-order valence-electron chi connectivity index (χ3n) is 4.47. The van der Waals surface area contributed by atoms with Crippen molar-refractivity contribution in [2.75, 3.05) is 13.1 Å². The smallest absolute Gasteiger partial charge is 0.222 e. The fourth-order valence-corrected chi connectivity index (χ4v) is 3.25. The van der Waals surface area contributed by atoms with Gasteiger partial charge in [0.2, 0.25) is 5.91 Å². The Morgan fingerprint density at radius 1 is 1.39 bits per heavy atom. The predicted molar refractivity (Wildman–Crippen MR) is 95.9 cm³/mol. The number of hydrogen-bond acceptors (Lipinski definition) is 3. The molecule has 1 saturated heterocycles. The highest BCUT2D eigenvalue weighted by Gasteiger charge is 2.22. The molecule has 1 aliphatic rings. The van der Waals surface area contributed by atoms with E-state index in [1.54, 1.807) is 0 Å². The zero-order valence-electron chi connectivity index (χ0n) is 14.8. The van der Waals surface area contributed by atoms with Gasteiger partial charge in [-0.15, -0.1) is 12.4 Å². The van der Waals surface area contributed by atoms with Gasteiger partial charge in [-0.3, -0.25) is 9.48 Å². The first kappa shape index (κ1) is 20.0. The van der Waals surface area contributed by atoms with Crippen LogP contribution in [0.15, 0.2) is 0 Å². The lowest BCUT2D eigenvalue weighted by atomic mass is 10.0. The van der Waals surface area contributed by atoms with Crippen LogP contribution in [0.5, 0.6) is 0 Å². The van der Waals surface area contributed by atoms with Crippen molar-refractivity contribution in [2.24, 2.45) is 11.7 Å². The average molecular weight is 343 g/mol. The molecule has 1 aromatic heterocycles. The molecule has 23 heavy (non-hydrogen) atoms. The lowest BCUT2D eigenvalue weighted by Gasteiger charge is -2.30. The van der Waals surface area contributed by atoms with Gasteiger partial charge in [-0.25, -0.2) is 0 Å². The summed E-state index contributed by atoms with van der Waals surface area (Å²) in [6, 6.07) is 0.148. The third-order valence-corrected chi connectivity index (χ3v) is 4.47. The summed E-state index contributed by atoms with van der Waals surface area (Å²) in [4.78, 5) is 14.3. The molecule has 2 rings (SSSR count). The number of halogens is 1. The number of amides is 1. The van der Waals surface area contributed by atoms with Gasteiger partial charge in [0.05, 0.1) is 5.69 Å². The monoisotopic (exact) mass is 342 g/mol. The minimum atomic E-state index is 0. The number of carbonyl (C=O) groups excluding carboxylic acids is 1. The van der Waals surface area contributed by atoms with Gasteiger partial charge in [0.1, 0.15) is 0 Å². The zero-order valence-corrected chi connectivity index (χ0v) is 15.7. The van der Waals surface area contributed by atoms with Crippen molar-refractivity contribution in [1.29, 1.82) is 0 Å². The molecule has 1 aliphatic heterocycles. The summed E-state index contributed by atoms with van der Waals surface area (Å²) >= 11 is 0. The largest absolute Gasteiger partial charge is 0.341 e. The number of nitrogens with zero attached hydrogens (tertiary/aromatic N) is 3. The molecular weight excluding hydrogens is 312 g/mol. The van der Waals surface area contributed by atoms with Crippen LogP contribution in [0.3, 0.4) is 0 Å². The first-order valence-corrected chi connectivity index (χ1v) is 8.44. The molecule has 1 atom stereocenters. The summed E-state index contributed by atoms with van der Waals surface area (Å²) in [5.74, 6) is 0.799. The molecule has 132 valence electrons. The highest BCUT2D eigenvalue weighted by Crippen LogP contribution is 2.18. The molecule has 1 amide bonds. The van der Waals surface area contributed by atoms with Crippen molar-refractivity contribution in [3.05, 3.63) is 17.0 Å². The SMILES string of the molecule is Cc1nn(CC(C)C)c(C)c1CCC(=O)N1CCCC(N)C1.Cl. The lowest BCUT2D eigenvalue weighted by Crippen LogP contribution is -2.45. The second-order valence-electron chi connectivity index (χ2n) is 6.97. The number of aromatic nitrogens is 2. The lowest BCUT2D eigenvalue weighted by molar-refractivity contribution is -0.132. The van der Waals surface area contributed by atoms with E-state index < -0.39 is 0 Å². The molecule has 1 aromatic rings. The Hall–Kier alpha value is -1.07. The van der Waals surface area contributed by atoms with Gasteiger partial charge in [-0.1, -0.05) is 13.8 Å². The molecule has 0 aromatic carbocycles. The zero-order chi connectivity index (χ0) is 16.3. The van der Waals surface area contributed by atoms with Gasteiger partial charge in [0, 0.05) is 37.8 Å². The number of likely N-dealkylation sites (tertiary alicyclic amines) is 1. The molecule has 0 radical (unpaired) electrons. The van der Waals surface area contributed by atoms with Crippen LogP contribution in [0, 0.1) is 19.8 Å². The predicted octanol–water partition coefficient (Wildman–Crippen LogP) is 2.46. The number of piperidine rings is 1. The Morgan fingerprint density at radius 3 is 2.70 bits per heavy atom. The van der Waals surface area contributed by atoms with Crippen LogP contribution in [-0.4, -0.2) is 39.7 Å². The first-order valence-electron chi connectivity index (χ1n) is 8.44. The van der Waals surface area contributed by atoms with E-state index in [2.05, 4.69) is 30.6 Å². The van der Waals surface area contributed by atoms with Crippen LogP contribution in [0.25, 0.3) is 0 Å². The van der Waals surface area contributed by atoms with Crippen molar-refractivity contribution >= 4 is 18.3 Å². The normalized spacial score (nSPS) is 18.2. The van der Waals surface area contributed by atoms with Crippen LogP contribution >= 0.6 is 12.4 Å². The van der Waals surface area contributed by atoms with Crippen LogP contribution in [-0.2, 0) is 17.8 Å². The molecule has 0 saturated carbocycles. The Morgan fingerprint density at radius 2 is 2.09 bits per heavy atom.